The lowest BCUT2D eigenvalue weighted by atomic mass is 10.0. The second-order valence-electron chi connectivity index (χ2n) is 3.61. The molecular weight excluding hydrogens is 174 g/mol. The third kappa shape index (κ3) is 3.13. The van der Waals surface area contributed by atoms with E-state index in [2.05, 4.69) is 37.4 Å². The van der Waals surface area contributed by atoms with Gasteiger partial charge in [0.05, 0.1) is 0 Å². The van der Waals surface area contributed by atoms with Gasteiger partial charge >= 0.3 is 0 Å². The second kappa shape index (κ2) is 5.78. The number of hydrogen-bond acceptors (Lipinski definition) is 2. The van der Waals surface area contributed by atoms with Crippen LogP contribution in [0.15, 0.2) is 18.2 Å². The van der Waals surface area contributed by atoms with Crippen LogP contribution < -0.4 is 5.32 Å². The highest BCUT2D eigenvalue weighted by Gasteiger charge is 1.99. The van der Waals surface area contributed by atoms with Crippen LogP contribution in [0, 0.1) is 13.8 Å². The van der Waals surface area contributed by atoms with Gasteiger partial charge in [-0.25, -0.2) is 0 Å². The Labute approximate surface area is 86.0 Å². The summed E-state index contributed by atoms with van der Waals surface area (Å²) in [6, 6.07) is 6.37. The Balaban J connectivity index is 2.46. The van der Waals surface area contributed by atoms with E-state index in [1.807, 2.05) is 0 Å². The first-order chi connectivity index (χ1) is 6.75. The smallest absolute Gasteiger partial charge is 0.0443 e. The molecular formula is C12H19NO. The molecule has 0 aromatic heterocycles. The van der Waals surface area contributed by atoms with Crippen LogP contribution >= 0.6 is 0 Å². The molecule has 1 aromatic carbocycles. The Morgan fingerprint density at radius 1 is 1.29 bits per heavy atom. The van der Waals surface area contributed by atoms with E-state index in [1.165, 1.54) is 16.7 Å². The van der Waals surface area contributed by atoms with Crippen LogP contribution in [0.2, 0.25) is 0 Å². The highest BCUT2D eigenvalue weighted by molar-refractivity contribution is 5.32. The number of nitrogens with one attached hydrogen (secondary N) is 1. The van der Waals surface area contributed by atoms with Crippen molar-refractivity contribution in [3.05, 3.63) is 34.9 Å². The third-order valence-electron chi connectivity index (χ3n) is 2.54. The molecule has 0 unspecified atom stereocenters. The topological polar surface area (TPSA) is 32.3 Å². The first kappa shape index (κ1) is 11.2. The van der Waals surface area contributed by atoms with E-state index in [9.17, 15) is 0 Å². The summed E-state index contributed by atoms with van der Waals surface area (Å²) >= 11 is 0. The summed E-state index contributed by atoms with van der Waals surface area (Å²) < 4.78 is 0. The van der Waals surface area contributed by atoms with E-state index in [0.717, 1.165) is 19.5 Å². The van der Waals surface area contributed by atoms with Crippen LogP contribution in [0.5, 0.6) is 0 Å². The molecule has 2 heteroatoms. The third-order valence-corrected chi connectivity index (χ3v) is 2.54. The van der Waals surface area contributed by atoms with Crippen LogP contribution in [-0.4, -0.2) is 18.3 Å². The normalized spacial score (nSPS) is 10.5. The first-order valence-corrected chi connectivity index (χ1v) is 5.12. The van der Waals surface area contributed by atoms with Gasteiger partial charge in [-0.3, -0.25) is 0 Å². The molecule has 14 heavy (non-hydrogen) atoms. The van der Waals surface area contributed by atoms with Crippen molar-refractivity contribution in [1.29, 1.82) is 0 Å². The first-order valence-electron chi connectivity index (χ1n) is 5.12. The van der Waals surface area contributed by atoms with Gasteiger partial charge in [0, 0.05) is 13.2 Å². The second-order valence-corrected chi connectivity index (χ2v) is 3.61. The number of aliphatic hydroxyl groups is 1. The minimum Gasteiger partial charge on any atom is -0.396 e. The molecule has 1 aromatic rings. The van der Waals surface area contributed by atoms with Gasteiger partial charge in [0.25, 0.3) is 0 Å². The summed E-state index contributed by atoms with van der Waals surface area (Å²) in [5.41, 5.74) is 4.05. The lowest BCUT2D eigenvalue weighted by Crippen LogP contribution is -2.16. The van der Waals surface area contributed by atoms with E-state index in [-0.39, 0.29) is 6.61 Å². The Bertz CT molecular complexity index is 284. The van der Waals surface area contributed by atoms with Crippen molar-refractivity contribution in [2.24, 2.45) is 0 Å². The van der Waals surface area contributed by atoms with Crippen LogP contribution in [-0.2, 0) is 6.54 Å². The molecule has 0 saturated carbocycles. The molecule has 0 heterocycles. The van der Waals surface area contributed by atoms with Crippen molar-refractivity contribution in [2.75, 3.05) is 13.2 Å². The minimum absolute atomic E-state index is 0.264. The van der Waals surface area contributed by atoms with E-state index in [0.29, 0.717) is 0 Å². The van der Waals surface area contributed by atoms with E-state index < -0.39 is 0 Å². The van der Waals surface area contributed by atoms with Crippen molar-refractivity contribution in [3.63, 3.8) is 0 Å². The van der Waals surface area contributed by atoms with Crippen molar-refractivity contribution in [1.82, 2.24) is 5.32 Å². The molecule has 0 aliphatic heterocycles. The number of benzene rings is 1. The van der Waals surface area contributed by atoms with Gasteiger partial charge in [0.2, 0.25) is 0 Å². The molecule has 0 saturated heterocycles. The molecule has 0 amide bonds. The lowest BCUT2D eigenvalue weighted by molar-refractivity contribution is 0.286. The standard InChI is InChI=1S/C12H19NO/c1-10-5-3-6-12(11(10)2)9-13-7-4-8-14/h3,5-6,13-14H,4,7-9H2,1-2H3. The Morgan fingerprint density at radius 2 is 2.07 bits per heavy atom. The monoisotopic (exact) mass is 193 g/mol. The molecule has 2 N–H and O–H groups in total. The van der Waals surface area contributed by atoms with Crippen LogP contribution in [0.1, 0.15) is 23.1 Å². The summed E-state index contributed by atoms with van der Waals surface area (Å²) in [7, 11) is 0. The Hall–Kier alpha value is -0.860. The summed E-state index contributed by atoms with van der Waals surface area (Å²) in [5.74, 6) is 0. The zero-order valence-corrected chi connectivity index (χ0v) is 9.01. The number of aryl methyl sites for hydroxylation is 1. The van der Waals surface area contributed by atoms with Crippen LogP contribution in [0.25, 0.3) is 0 Å². The maximum absolute atomic E-state index is 8.62. The fourth-order valence-corrected chi connectivity index (χ4v) is 1.43. The highest BCUT2D eigenvalue weighted by Crippen LogP contribution is 2.11. The zero-order chi connectivity index (χ0) is 10.4. The molecule has 0 aliphatic rings. The molecule has 0 radical (unpaired) electrons. The van der Waals surface area contributed by atoms with Gasteiger partial charge in [0.1, 0.15) is 0 Å². The molecule has 2 nitrogen and oxygen atoms in total. The van der Waals surface area contributed by atoms with Crippen molar-refractivity contribution < 1.29 is 5.11 Å². The van der Waals surface area contributed by atoms with Crippen molar-refractivity contribution in [3.8, 4) is 0 Å². The van der Waals surface area contributed by atoms with E-state index in [4.69, 9.17) is 5.11 Å². The van der Waals surface area contributed by atoms with Gasteiger partial charge in [-0.2, -0.15) is 0 Å². The Morgan fingerprint density at radius 3 is 2.79 bits per heavy atom. The summed E-state index contributed by atoms with van der Waals surface area (Å²) in [5, 5.41) is 11.9. The molecule has 0 aliphatic carbocycles. The molecule has 0 spiro atoms. The minimum atomic E-state index is 0.264. The lowest BCUT2D eigenvalue weighted by Gasteiger charge is -2.09. The highest BCUT2D eigenvalue weighted by atomic mass is 16.3. The Kier molecular flexibility index (Phi) is 4.63. The van der Waals surface area contributed by atoms with Gasteiger partial charge in [0.15, 0.2) is 0 Å². The molecule has 0 atom stereocenters. The number of aliphatic hydroxyl groups excluding tert-OH is 1. The predicted molar refractivity (Wildman–Crippen MR) is 59.3 cm³/mol. The number of hydrogen-bond donors (Lipinski definition) is 2. The van der Waals surface area contributed by atoms with E-state index in [1.54, 1.807) is 0 Å². The van der Waals surface area contributed by atoms with Crippen molar-refractivity contribution >= 4 is 0 Å². The molecule has 78 valence electrons. The average molecular weight is 193 g/mol. The predicted octanol–water partition coefficient (Wildman–Crippen LogP) is 1.78. The van der Waals surface area contributed by atoms with Gasteiger partial charge < -0.3 is 10.4 Å². The van der Waals surface area contributed by atoms with Gasteiger partial charge in [-0.15, -0.1) is 0 Å². The molecule has 1 rings (SSSR count). The largest absolute Gasteiger partial charge is 0.396 e. The maximum atomic E-state index is 8.62. The molecule has 0 fully saturated rings. The van der Waals surface area contributed by atoms with E-state index >= 15 is 0 Å². The quantitative estimate of drug-likeness (QED) is 0.699. The van der Waals surface area contributed by atoms with Crippen LogP contribution in [0.4, 0.5) is 0 Å². The SMILES string of the molecule is Cc1cccc(CNCCCO)c1C. The summed E-state index contributed by atoms with van der Waals surface area (Å²) in [4.78, 5) is 0. The fourth-order valence-electron chi connectivity index (χ4n) is 1.43. The average Bonchev–Trinajstić information content (AvgIpc) is 2.19. The summed E-state index contributed by atoms with van der Waals surface area (Å²) in [6.45, 7) is 6.32. The fraction of sp³-hybridized carbons (Fsp3) is 0.500. The maximum Gasteiger partial charge on any atom is 0.0443 e. The molecule has 0 bridgehead atoms. The van der Waals surface area contributed by atoms with Gasteiger partial charge in [-0.1, -0.05) is 18.2 Å². The van der Waals surface area contributed by atoms with Crippen molar-refractivity contribution in [2.45, 2.75) is 26.8 Å². The zero-order valence-electron chi connectivity index (χ0n) is 9.01. The summed E-state index contributed by atoms with van der Waals surface area (Å²) in [6.07, 6.45) is 0.824. The number of rotatable bonds is 5. The van der Waals surface area contributed by atoms with Gasteiger partial charge in [-0.05, 0) is 43.5 Å². The van der Waals surface area contributed by atoms with Crippen LogP contribution in [0.3, 0.4) is 0 Å².